The lowest BCUT2D eigenvalue weighted by molar-refractivity contribution is -0.136. The van der Waals surface area contributed by atoms with Crippen molar-refractivity contribution in [1.82, 2.24) is 10.2 Å². The fourth-order valence-electron chi connectivity index (χ4n) is 3.08. The molecule has 0 aliphatic carbocycles. The van der Waals surface area contributed by atoms with Crippen molar-refractivity contribution >= 4 is 11.8 Å². The summed E-state index contributed by atoms with van der Waals surface area (Å²) < 4.78 is 11.0. The van der Waals surface area contributed by atoms with Crippen LogP contribution in [0.15, 0.2) is 16.5 Å². The fraction of sp³-hybridized carbons (Fsp3) is 0.625. The predicted octanol–water partition coefficient (Wildman–Crippen LogP) is 1.37. The van der Waals surface area contributed by atoms with Crippen molar-refractivity contribution < 1.29 is 18.7 Å². The molecule has 120 valence electrons. The van der Waals surface area contributed by atoms with Crippen molar-refractivity contribution in [2.45, 2.75) is 51.3 Å². The fourth-order valence-corrected chi connectivity index (χ4v) is 3.08. The number of nitrogens with zero attached hydrogens (tertiary/aromatic N) is 1. The Kier molecular flexibility index (Phi) is 4.47. The lowest BCUT2D eigenvalue weighted by Crippen LogP contribution is -2.46. The molecular weight excluding hydrogens is 284 g/mol. The van der Waals surface area contributed by atoms with Gasteiger partial charge in [-0.3, -0.25) is 9.59 Å². The van der Waals surface area contributed by atoms with Crippen molar-refractivity contribution in [2.24, 2.45) is 0 Å². The number of furan rings is 1. The van der Waals surface area contributed by atoms with Gasteiger partial charge in [-0.05, 0) is 38.3 Å². The summed E-state index contributed by atoms with van der Waals surface area (Å²) in [6.07, 6.45) is 3.13. The Morgan fingerprint density at radius 3 is 2.95 bits per heavy atom. The van der Waals surface area contributed by atoms with E-state index in [1.807, 2.05) is 19.1 Å². The molecule has 2 amide bonds. The molecule has 2 aliphatic rings. The number of likely N-dealkylation sites (tertiary alicyclic amines) is 1. The molecule has 2 atom stereocenters. The van der Waals surface area contributed by atoms with E-state index in [2.05, 4.69) is 5.32 Å². The topological polar surface area (TPSA) is 71.8 Å². The number of amides is 2. The summed E-state index contributed by atoms with van der Waals surface area (Å²) in [4.78, 5) is 26.0. The lowest BCUT2D eigenvalue weighted by atomic mass is 10.2. The van der Waals surface area contributed by atoms with Gasteiger partial charge < -0.3 is 19.4 Å². The molecule has 3 heterocycles. The monoisotopic (exact) mass is 306 g/mol. The zero-order chi connectivity index (χ0) is 15.5. The Hall–Kier alpha value is -1.82. The van der Waals surface area contributed by atoms with Crippen LogP contribution in [0.4, 0.5) is 0 Å². The zero-order valence-electron chi connectivity index (χ0n) is 12.8. The van der Waals surface area contributed by atoms with Crippen LogP contribution in [0.1, 0.15) is 37.2 Å². The second kappa shape index (κ2) is 6.52. The average Bonchev–Trinajstić information content (AvgIpc) is 3.21. The first-order valence-electron chi connectivity index (χ1n) is 7.87. The van der Waals surface area contributed by atoms with E-state index >= 15 is 0 Å². The van der Waals surface area contributed by atoms with E-state index < -0.39 is 6.04 Å². The minimum atomic E-state index is -0.403. The van der Waals surface area contributed by atoms with Crippen LogP contribution in [-0.2, 0) is 20.9 Å². The van der Waals surface area contributed by atoms with Crippen LogP contribution in [0.3, 0.4) is 0 Å². The van der Waals surface area contributed by atoms with E-state index in [4.69, 9.17) is 9.15 Å². The first-order chi connectivity index (χ1) is 10.6. The molecule has 0 radical (unpaired) electrons. The van der Waals surface area contributed by atoms with Crippen LogP contribution in [0.5, 0.6) is 0 Å². The summed E-state index contributed by atoms with van der Waals surface area (Å²) in [6, 6.07) is 3.31. The van der Waals surface area contributed by atoms with Gasteiger partial charge in [0.1, 0.15) is 17.6 Å². The Morgan fingerprint density at radius 2 is 2.27 bits per heavy atom. The highest BCUT2D eigenvalue weighted by Gasteiger charge is 2.36. The third kappa shape index (κ3) is 3.32. The summed E-state index contributed by atoms with van der Waals surface area (Å²) in [5, 5.41) is 2.92. The molecule has 0 unspecified atom stereocenters. The summed E-state index contributed by atoms with van der Waals surface area (Å²) >= 11 is 0. The Morgan fingerprint density at radius 1 is 1.41 bits per heavy atom. The highest BCUT2D eigenvalue weighted by Crippen LogP contribution is 2.22. The number of hydrogen-bond donors (Lipinski definition) is 1. The van der Waals surface area contributed by atoms with E-state index in [1.54, 1.807) is 4.90 Å². The number of aryl methyl sites for hydroxylation is 1. The van der Waals surface area contributed by atoms with Gasteiger partial charge in [-0.2, -0.15) is 0 Å². The highest BCUT2D eigenvalue weighted by molar-refractivity contribution is 5.90. The summed E-state index contributed by atoms with van der Waals surface area (Å²) in [6.45, 7) is 3.51. The standard InChI is InChI=1S/C16H22N2O4/c1-11-4-5-13(22-11)10-18-14(6-7-15(18)19)16(20)17-9-12-3-2-8-21-12/h4-5,12,14H,2-3,6-10H2,1H3,(H,17,20)/t12-,14-/m1/s1. The van der Waals surface area contributed by atoms with E-state index in [1.165, 1.54) is 0 Å². The first kappa shape index (κ1) is 15.1. The molecule has 3 rings (SSSR count). The van der Waals surface area contributed by atoms with Gasteiger partial charge in [0.25, 0.3) is 0 Å². The number of carbonyl (C=O) groups is 2. The first-order valence-corrected chi connectivity index (χ1v) is 7.87. The SMILES string of the molecule is Cc1ccc(CN2C(=O)CC[C@@H]2C(=O)NC[C@H]2CCCO2)o1. The predicted molar refractivity (Wildman–Crippen MR) is 79.0 cm³/mol. The van der Waals surface area contributed by atoms with Crippen LogP contribution in [0.2, 0.25) is 0 Å². The van der Waals surface area contributed by atoms with Gasteiger partial charge in [-0.15, -0.1) is 0 Å². The van der Waals surface area contributed by atoms with Crippen LogP contribution < -0.4 is 5.32 Å². The molecule has 1 N–H and O–H groups in total. The third-order valence-corrected chi connectivity index (χ3v) is 4.28. The molecule has 2 saturated heterocycles. The van der Waals surface area contributed by atoms with Crippen molar-refractivity contribution in [3.8, 4) is 0 Å². The van der Waals surface area contributed by atoms with Gasteiger partial charge in [0.2, 0.25) is 11.8 Å². The molecular formula is C16H22N2O4. The van der Waals surface area contributed by atoms with Crippen LogP contribution in [0.25, 0.3) is 0 Å². The summed E-state index contributed by atoms with van der Waals surface area (Å²) in [7, 11) is 0. The number of carbonyl (C=O) groups excluding carboxylic acids is 2. The summed E-state index contributed by atoms with van der Waals surface area (Å²) in [5.41, 5.74) is 0. The van der Waals surface area contributed by atoms with E-state index in [0.717, 1.165) is 25.2 Å². The molecule has 6 heteroatoms. The Labute approximate surface area is 129 Å². The quantitative estimate of drug-likeness (QED) is 0.892. The van der Waals surface area contributed by atoms with Gasteiger partial charge in [-0.25, -0.2) is 0 Å². The molecule has 22 heavy (non-hydrogen) atoms. The molecule has 2 fully saturated rings. The van der Waals surface area contributed by atoms with Gasteiger partial charge in [0, 0.05) is 19.6 Å². The maximum absolute atomic E-state index is 12.4. The number of rotatable bonds is 5. The second-order valence-electron chi connectivity index (χ2n) is 5.97. The van der Waals surface area contributed by atoms with Crippen LogP contribution in [0, 0.1) is 6.92 Å². The van der Waals surface area contributed by atoms with Gasteiger partial charge >= 0.3 is 0 Å². The van der Waals surface area contributed by atoms with Crippen LogP contribution in [-0.4, -0.2) is 42.0 Å². The lowest BCUT2D eigenvalue weighted by Gasteiger charge is -2.23. The molecule has 1 aromatic rings. The highest BCUT2D eigenvalue weighted by atomic mass is 16.5. The van der Waals surface area contributed by atoms with Crippen molar-refractivity contribution in [3.05, 3.63) is 23.7 Å². The maximum Gasteiger partial charge on any atom is 0.242 e. The molecule has 2 aliphatic heterocycles. The molecule has 6 nitrogen and oxygen atoms in total. The van der Waals surface area contributed by atoms with Gasteiger partial charge in [0.15, 0.2) is 0 Å². The minimum absolute atomic E-state index is 0.00585. The molecule has 0 saturated carbocycles. The Bertz CT molecular complexity index is 548. The third-order valence-electron chi connectivity index (χ3n) is 4.28. The molecule has 1 aromatic heterocycles. The smallest absolute Gasteiger partial charge is 0.242 e. The number of ether oxygens (including phenoxy) is 1. The van der Waals surface area contributed by atoms with E-state index in [0.29, 0.717) is 31.7 Å². The molecule has 0 bridgehead atoms. The summed E-state index contributed by atoms with van der Waals surface area (Å²) in [5.74, 6) is 1.43. The largest absolute Gasteiger partial charge is 0.464 e. The normalized spacial score (nSPS) is 25.0. The molecule has 0 spiro atoms. The number of nitrogens with one attached hydrogen (secondary N) is 1. The molecule has 0 aromatic carbocycles. The number of hydrogen-bond acceptors (Lipinski definition) is 4. The maximum atomic E-state index is 12.4. The zero-order valence-corrected chi connectivity index (χ0v) is 12.8. The van der Waals surface area contributed by atoms with Crippen LogP contribution >= 0.6 is 0 Å². The Balaban J connectivity index is 1.58. The average molecular weight is 306 g/mol. The van der Waals surface area contributed by atoms with E-state index in [-0.39, 0.29) is 17.9 Å². The second-order valence-corrected chi connectivity index (χ2v) is 5.97. The van der Waals surface area contributed by atoms with Crippen molar-refractivity contribution in [3.63, 3.8) is 0 Å². The minimum Gasteiger partial charge on any atom is -0.464 e. The van der Waals surface area contributed by atoms with Gasteiger partial charge in [-0.1, -0.05) is 0 Å². The van der Waals surface area contributed by atoms with E-state index in [9.17, 15) is 9.59 Å². The van der Waals surface area contributed by atoms with Crippen molar-refractivity contribution in [1.29, 1.82) is 0 Å². The van der Waals surface area contributed by atoms with Crippen molar-refractivity contribution in [2.75, 3.05) is 13.2 Å². The van der Waals surface area contributed by atoms with Gasteiger partial charge in [0.05, 0.1) is 12.6 Å².